The van der Waals surface area contributed by atoms with Crippen LogP contribution in [0.3, 0.4) is 0 Å². The number of hydrogen-bond donors (Lipinski definition) is 1. The summed E-state index contributed by atoms with van der Waals surface area (Å²) in [4.78, 5) is 18.1. The number of hydrogen-bond acceptors (Lipinski definition) is 15. The number of nitrogens with one attached hydrogen (secondary N) is 1. The number of thiophene rings is 1. The van der Waals surface area contributed by atoms with Crippen molar-refractivity contribution in [3.63, 3.8) is 0 Å². The van der Waals surface area contributed by atoms with Crippen LogP contribution in [-0.4, -0.2) is 59.7 Å². The van der Waals surface area contributed by atoms with Crippen LogP contribution in [0.5, 0.6) is 0 Å². The van der Waals surface area contributed by atoms with Gasteiger partial charge in [-0.05, 0) is 123 Å². The highest BCUT2D eigenvalue weighted by Crippen LogP contribution is 2.31. The fourth-order valence-corrected chi connectivity index (χ4v) is 12.9. The van der Waals surface area contributed by atoms with Gasteiger partial charge in [-0.15, -0.1) is 65.7 Å². The predicted molar refractivity (Wildman–Crippen MR) is 430 cm³/mol. The largest absolute Gasteiger partial charge is 0.461 e. The standard InChI is InChI=1S/C11H12O.C11H12S.3C10H12N2.C10H11NO.C10H11NS.C6H10N2S.C5H8N2S/c2*1-8(2)11-7-9-5-3-4-6-10(9)12-11;1-8(2)10-7-9-5-3-4-6-12(9)11-10;1-8(2)12-7-9-5-3-4-6-10(9)11-12;3*1-7(2)10-11-8-5-3-4-6-9(8)12-10;1-4(2)6-8-7-5(3)9-6;1-4(2)5-7-6-3-8-5/h4*3-8H,1-2H3;3-7H,1-2H3,(H,11,12);2*3-7H,1-2H3;4H,1-3H3;3-4H,1-2H3. The molecule has 0 unspecified atom stereocenters. The van der Waals surface area contributed by atoms with Gasteiger partial charge in [0.25, 0.3) is 0 Å². The highest BCUT2D eigenvalue weighted by molar-refractivity contribution is 7.19. The molecule has 0 spiro atoms. The van der Waals surface area contributed by atoms with Crippen LogP contribution in [0, 0.1) is 6.92 Å². The molecule has 0 amide bonds. The summed E-state index contributed by atoms with van der Waals surface area (Å²) in [5, 5.41) is 32.7. The minimum Gasteiger partial charge on any atom is -0.461 e. The summed E-state index contributed by atoms with van der Waals surface area (Å²) < 4.78 is 17.7. The number of fused-ring (bicyclic) bond motifs is 7. The molecule has 0 bridgehead atoms. The van der Waals surface area contributed by atoms with Gasteiger partial charge in [0.2, 0.25) is 0 Å². The molecule has 528 valence electrons. The van der Waals surface area contributed by atoms with Gasteiger partial charge in [0.05, 0.1) is 43.0 Å². The molecule has 14 nitrogen and oxygen atoms in total. The number of nitrogens with zero attached hydrogens (tertiary/aromatic N) is 11. The van der Waals surface area contributed by atoms with Crippen molar-refractivity contribution < 1.29 is 8.83 Å². The van der Waals surface area contributed by atoms with E-state index in [1.54, 1.807) is 39.5 Å². The van der Waals surface area contributed by atoms with E-state index in [0.717, 1.165) is 76.9 Å². The first-order chi connectivity index (χ1) is 48.4. The lowest BCUT2D eigenvalue weighted by molar-refractivity contribution is 0.501. The zero-order chi connectivity index (χ0) is 72.7. The van der Waals surface area contributed by atoms with Crippen molar-refractivity contribution in [3.8, 4) is 0 Å². The first-order valence-corrected chi connectivity index (χ1v) is 38.3. The van der Waals surface area contributed by atoms with E-state index >= 15 is 0 Å². The fourth-order valence-electron chi connectivity index (χ4n) is 9.56. The van der Waals surface area contributed by atoms with E-state index in [1.807, 2.05) is 137 Å². The van der Waals surface area contributed by atoms with E-state index in [9.17, 15) is 0 Å². The molecule has 0 saturated carbocycles. The Morgan fingerprint density at radius 3 is 1.54 bits per heavy atom. The molecule has 1 N–H and O–H groups in total. The Hall–Kier alpha value is -9.07. The second-order valence-electron chi connectivity index (χ2n) is 27.1. The maximum absolute atomic E-state index is 5.63. The van der Waals surface area contributed by atoms with Gasteiger partial charge in [0, 0.05) is 74.3 Å². The smallest absolute Gasteiger partial charge is 0.198 e. The van der Waals surface area contributed by atoms with Crippen LogP contribution in [0.2, 0.25) is 0 Å². The summed E-state index contributed by atoms with van der Waals surface area (Å²) >= 11 is 6.98. The monoisotopic (exact) mass is 1420 g/mol. The number of oxazole rings is 1. The second kappa shape index (κ2) is 38.1. The summed E-state index contributed by atoms with van der Waals surface area (Å²) in [6.45, 7) is 40.6. The molecule has 0 aliphatic heterocycles. The topological polar surface area (TPSA) is 167 Å². The van der Waals surface area contributed by atoms with Gasteiger partial charge in [0.1, 0.15) is 43.2 Å². The second-order valence-corrected chi connectivity index (χ2v) is 31.4. The molecule has 101 heavy (non-hydrogen) atoms. The first kappa shape index (κ1) is 77.7. The van der Waals surface area contributed by atoms with Crippen LogP contribution in [-0.2, 0) is 0 Å². The normalized spacial score (nSPS) is 11.1. The average Bonchev–Trinajstić information content (AvgIpc) is 1.75. The Bertz CT molecular complexity index is 4030. The summed E-state index contributed by atoms with van der Waals surface area (Å²) in [5.41, 5.74) is 11.3. The number of furan rings is 1. The van der Waals surface area contributed by atoms with Crippen molar-refractivity contribution in [1.29, 1.82) is 0 Å². The number of rotatable bonds is 9. The van der Waals surface area contributed by atoms with Crippen LogP contribution in [0.4, 0.5) is 0 Å². The van der Waals surface area contributed by atoms with Crippen molar-refractivity contribution >= 4 is 115 Å². The maximum Gasteiger partial charge on any atom is 0.198 e. The highest BCUT2D eigenvalue weighted by Gasteiger charge is 2.11. The van der Waals surface area contributed by atoms with Crippen molar-refractivity contribution in [1.82, 2.24) is 59.7 Å². The third-order valence-corrected chi connectivity index (χ3v) is 20.3. The Balaban J connectivity index is 0.000000145. The number of thiazole rings is 1. The van der Waals surface area contributed by atoms with Gasteiger partial charge < -0.3 is 13.8 Å². The molecule has 18 heteroatoms. The lowest BCUT2D eigenvalue weighted by Crippen LogP contribution is -1.99. The molecule has 0 fully saturated rings. The lowest BCUT2D eigenvalue weighted by atomic mass is 10.1. The minimum atomic E-state index is 0.359. The Morgan fingerprint density at radius 2 is 1.02 bits per heavy atom. The average molecular weight is 1430 g/mol. The van der Waals surface area contributed by atoms with Crippen LogP contribution >= 0.6 is 45.3 Å². The molecular weight excluding hydrogens is 1330 g/mol. The van der Waals surface area contributed by atoms with E-state index in [4.69, 9.17) is 8.83 Å². The number of pyridine rings is 1. The quantitative estimate of drug-likeness (QED) is 0.146. The van der Waals surface area contributed by atoms with Crippen molar-refractivity contribution in [2.45, 2.75) is 185 Å². The molecule has 0 saturated heterocycles. The maximum atomic E-state index is 5.63. The molecule has 0 aliphatic rings. The van der Waals surface area contributed by atoms with Crippen molar-refractivity contribution in [3.05, 3.63) is 248 Å². The summed E-state index contributed by atoms with van der Waals surface area (Å²) in [7, 11) is 0. The van der Waals surface area contributed by atoms with Gasteiger partial charge in [-0.2, -0.15) is 10.2 Å². The fraction of sp³-hybridized carbons (Fsp3) is 0.337. The lowest BCUT2D eigenvalue weighted by Gasteiger charge is -2.02. The van der Waals surface area contributed by atoms with Gasteiger partial charge in [-0.1, -0.05) is 208 Å². The van der Waals surface area contributed by atoms with Crippen LogP contribution < -0.4 is 0 Å². The Kier molecular flexibility index (Phi) is 29.3. The molecule has 16 aromatic rings. The summed E-state index contributed by atoms with van der Waals surface area (Å²) in [6, 6.07) is 62.1. The minimum absolute atomic E-state index is 0.359. The zero-order valence-electron chi connectivity index (χ0n) is 62.1. The van der Waals surface area contributed by atoms with Crippen LogP contribution in [0.25, 0.3) is 69.8 Å². The van der Waals surface area contributed by atoms with Crippen LogP contribution in [0.1, 0.15) is 226 Å². The SMILES string of the molecule is CC(C)c1cc2ccccc2o1.CC(C)c1cc2ccccc2s1.CC(C)c1cc2ccccn2n1.CC(C)c1nc2ccccc2[nH]1.CC(C)c1nc2ccccc2o1.CC(C)c1nc2ccccc2s1.CC(C)c1nncs1.CC(C)n1cc2ccccc2n1.Cc1nnc(C(C)C)s1. The number of aryl methyl sites for hydroxylation is 1. The van der Waals surface area contributed by atoms with E-state index in [1.165, 1.54) is 41.0 Å². The number of imidazole rings is 1. The van der Waals surface area contributed by atoms with Gasteiger partial charge in [-0.3, -0.25) is 4.68 Å². The van der Waals surface area contributed by atoms with E-state index in [0.29, 0.717) is 53.4 Å². The predicted octanol–water partition coefficient (Wildman–Crippen LogP) is 25.3. The number of para-hydroxylation sites is 6. The number of aromatic amines is 1. The van der Waals surface area contributed by atoms with Gasteiger partial charge >= 0.3 is 0 Å². The Morgan fingerprint density at radius 1 is 0.416 bits per heavy atom. The third kappa shape index (κ3) is 23.2. The molecule has 0 aliphatic carbocycles. The van der Waals surface area contributed by atoms with Gasteiger partial charge in [-0.25, -0.2) is 19.5 Å². The zero-order valence-corrected chi connectivity index (χ0v) is 65.4. The molecule has 0 radical (unpaired) electrons. The molecule has 6 aromatic carbocycles. The number of benzene rings is 6. The number of H-pyrrole nitrogens is 1. The van der Waals surface area contributed by atoms with Gasteiger partial charge in [0.15, 0.2) is 11.5 Å². The molecular formula is C83H100N12O2S4. The van der Waals surface area contributed by atoms with E-state index in [2.05, 4.69) is 260 Å². The van der Waals surface area contributed by atoms with E-state index < -0.39 is 0 Å². The third-order valence-electron chi connectivity index (χ3n) is 15.4. The first-order valence-electron chi connectivity index (χ1n) is 35.0. The Labute approximate surface area is 612 Å². The molecule has 16 rings (SSSR count). The molecule has 0 atom stereocenters. The summed E-state index contributed by atoms with van der Waals surface area (Å²) in [5.74, 6) is 7.00. The molecule has 10 aromatic heterocycles. The molecule has 10 heterocycles. The van der Waals surface area contributed by atoms with Crippen LogP contribution in [0.15, 0.2) is 209 Å². The number of aromatic nitrogens is 12. The van der Waals surface area contributed by atoms with Crippen molar-refractivity contribution in [2.75, 3.05) is 0 Å². The van der Waals surface area contributed by atoms with Crippen molar-refractivity contribution in [2.24, 2.45) is 0 Å². The summed E-state index contributed by atoms with van der Waals surface area (Å²) in [6.07, 6.45) is 4.06. The highest BCUT2D eigenvalue weighted by atomic mass is 32.1. The van der Waals surface area contributed by atoms with E-state index in [-0.39, 0.29) is 0 Å².